The molecular weight excluding hydrogens is 348 g/mol. The van der Waals surface area contributed by atoms with Gasteiger partial charge in [-0.2, -0.15) is 5.10 Å². The van der Waals surface area contributed by atoms with Gasteiger partial charge in [0.2, 0.25) is 0 Å². The Morgan fingerprint density at radius 2 is 2.07 bits per heavy atom. The molecule has 0 bridgehead atoms. The summed E-state index contributed by atoms with van der Waals surface area (Å²) in [6.07, 6.45) is 5.25. The summed E-state index contributed by atoms with van der Waals surface area (Å²) < 4.78 is 1.88. The summed E-state index contributed by atoms with van der Waals surface area (Å²) >= 11 is 0. The van der Waals surface area contributed by atoms with Crippen LogP contribution in [0.25, 0.3) is 0 Å². The first-order valence-corrected chi connectivity index (χ1v) is 10.1. The van der Waals surface area contributed by atoms with Gasteiger partial charge < -0.3 is 15.5 Å². The highest BCUT2D eigenvalue weighted by molar-refractivity contribution is 5.80. The minimum absolute atomic E-state index is 0.0618. The summed E-state index contributed by atoms with van der Waals surface area (Å²) in [5.74, 6) is 1.50. The summed E-state index contributed by atoms with van der Waals surface area (Å²) in [5.41, 5.74) is 2.56. The molecule has 1 aromatic heterocycles. The lowest BCUT2D eigenvalue weighted by Gasteiger charge is -2.32. The minimum atomic E-state index is -0.0618. The van der Waals surface area contributed by atoms with Crippen molar-refractivity contribution in [1.29, 1.82) is 0 Å². The SMILES string of the molecule is CN=C(NCC(C)(C)NC(C)c1ccccc1)N1CCC(c2cnn(C)c2)C1. The molecule has 2 heterocycles. The van der Waals surface area contributed by atoms with Gasteiger partial charge in [0.25, 0.3) is 0 Å². The average Bonchev–Trinajstić information content (AvgIpc) is 3.32. The van der Waals surface area contributed by atoms with Gasteiger partial charge in [-0.3, -0.25) is 9.67 Å². The highest BCUT2D eigenvalue weighted by Gasteiger charge is 2.28. The van der Waals surface area contributed by atoms with Crippen LogP contribution in [0.3, 0.4) is 0 Å². The topological polar surface area (TPSA) is 57.5 Å². The lowest BCUT2D eigenvalue weighted by atomic mass is 10.0. The predicted octanol–water partition coefficient (Wildman–Crippen LogP) is 2.91. The molecule has 0 radical (unpaired) electrons. The third-order valence-electron chi connectivity index (χ3n) is 5.49. The van der Waals surface area contributed by atoms with Crippen molar-refractivity contribution in [2.24, 2.45) is 12.0 Å². The Bertz CT molecular complexity index is 779. The number of aromatic nitrogens is 2. The van der Waals surface area contributed by atoms with E-state index in [-0.39, 0.29) is 5.54 Å². The van der Waals surface area contributed by atoms with Gasteiger partial charge in [-0.25, -0.2) is 0 Å². The van der Waals surface area contributed by atoms with E-state index < -0.39 is 0 Å². The van der Waals surface area contributed by atoms with E-state index in [1.165, 1.54) is 11.1 Å². The molecule has 152 valence electrons. The van der Waals surface area contributed by atoms with Gasteiger partial charge in [0, 0.05) is 57.4 Å². The molecule has 3 rings (SSSR count). The summed E-state index contributed by atoms with van der Waals surface area (Å²) in [6.45, 7) is 9.49. The molecule has 0 saturated carbocycles. The van der Waals surface area contributed by atoms with E-state index in [4.69, 9.17) is 0 Å². The summed E-state index contributed by atoms with van der Waals surface area (Å²) in [6, 6.07) is 10.9. The second kappa shape index (κ2) is 8.78. The van der Waals surface area contributed by atoms with E-state index in [1.807, 2.05) is 25.0 Å². The molecule has 6 heteroatoms. The number of nitrogens with zero attached hydrogens (tertiary/aromatic N) is 4. The number of hydrogen-bond donors (Lipinski definition) is 2. The zero-order chi connectivity index (χ0) is 20.1. The zero-order valence-corrected chi connectivity index (χ0v) is 17.8. The second-order valence-electron chi connectivity index (χ2n) is 8.44. The van der Waals surface area contributed by atoms with Crippen molar-refractivity contribution in [3.8, 4) is 0 Å². The van der Waals surface area contributed by atoms with Gasteiger partial charge >= 0.3 is 0 Å². The lowest BCUT2D eigenvalue weighted by molar-refractivity contribution is 0.339. The van der Waals surface area contributed by atoms with Crippen molar-refractivity contribution < 1.29 is 0 Å². The largest absolute Gasteiger partial charge is 0.354 e. The summed E-state index contributed by atoms with van der Waals surface area (Å²) in [4.78, 5) is 6.88. The summed E-state index contributed by atoms with van der Waals surface area (Å²) in [7, 11) is 3.84. The molecule has 2 aromatic rings. The van der Waals surface area contributed by atoms with Gasteiger partial charge in [0.1, 0.15) is 0 Å². The maximum absolute atomic E-state index is 4.53. The lowest BCUT2D eigenvalue weighted by Crippen LogP contribution is -2.52. The number of aliphatic imine (C=N–C) groups is 1. The van der Waals surface area contributed by atoms with Crippen LogP contribution in [-0.4, -0.2) is 52.9 Å². The highest BCUT2D eigenvalue weighted by atomic mass is 15.3. The maximum atomic E-state index is 4.53. The molecule has 0 aliphatic carbocycles. The van der Waals surface area contributed by atoms with Crippen LogP contribution in [0.1, 0.15) is 50.3 Å². The fraction of sp³-hybridized carbons (Fsp3) is 0.545. The summed E-state index contributed by atoms with van der Waals surface area (Å²) in [5, 5.41) is 11.6. The van der Waals surface area contributed by atoms with E-state index in [1.54, 1.807) is 0 Å². The van der Waals surface area contributed by atoms with E-state index >= 15 is 0 Å². The predicted molar refractivity (Wildman–Crippen MR) is 116 cm³/mol. The van der Waals surface area contributed by atoms with E-state index in [0.29, 0.717) is 12.0 Å². The molecule has 1 aromatic carbocycles. The molecule has 2 atom stereocenters. The van der Waals surface area contributed by atoms with Crippen LogP contribution < -0.4 is 10.6 Å². The van der Waals surface area contributed by atoms with Crippen molar-refractivity contribution in [2.75, 3.05) is 26.7 Å². The first-order valence-electron chi connectivity index (χ1n) is 10.1. The molecule has 1 saturated heterocycles. The van der Waals surface area contributed by atoms with Crippen LogP contribution in [0.15, 0.2) is 47.7 Å². The van der Waals surface area contributed by atoms with Crippen LogP contribution in [0.4, 0.5) is 0 Å². The zero-order valence-electron chi connectivity index (χ0n) is 17.8. The Kier molecular flexibility index (Phi) is 6.39. The smallest absolute Gasteiger partial charge is 0.193 e. The van der Waals surface area contributed by atoms with Crippen molar-refractivity contribution in [3.05, 3.63) is 53.9 Å². The number of rotatable bonds is 6. The van der Waals surface area contributed by atoms with Gasteiger partial charge in [0.05, 0.1) is 6.20 Å². The number of aryl methyl sites for hydroxylation is 1. The molecule has 1 aliphatic rings. The van der Waals surface area contributed by atoms with Crippen molar-refractivity contribution in [1.82, 2.24) is 25.3 Å². The standard InChI is InChI=1S/C22H34N6/c1-17(18-9-7-6-8-10-18)26-22(2,3)16-24-21(23-4)28-12-11-19(15-28)20-13-25-27(5)14-20/h6-10,13-14,17,19,26H,11-12,15-16H2,1-5H3,(H,23,24). The van der Waals surface area contributed by atoms with E-state index in [2.05, 4.69) is 82.9 Å². The Morgan fingerprint density at radius 1 is 1.32 bits per heavy atom. The average molecular weight is 383 g/mol. The fourth-order valence-corrected chi connectivity index (χ4v) is 3.97. The van der Waals surface area contributed by atoms with Crippen LogP contribution in [0.5, 0.6) is 0 Å². The number of nitrogens with one attached hydrogen (secondary N) is 2. The monoisotopic (exact) mass is 382 g/mol. The molecule has 1 fully saturated rings. The third kappa shape index (κ3) is 5.13. The van der Waals surface area contributed by atoms with Gasteiger partial charge in [-0.05, 0) is 38.3 Å². The van der Waals surface area contributed by atoms with Crippen molar-refractivity contribution in [2.45, 2.75) is 44.7 Å². The Labute approximate surface area is 169 Å². The fourth-order valence-electron chi connectivity index (χ4n) is 3.97. The Balaban J connectivity index is 1.53. The van der Waals surface area contributed by atoms with Crippen LogP contribution >= 0.6 is 0 Å². The molecule has 0 amide bonds. The number of guanidine groups is 1. The first-order chi connectivity index (χ1) is 13.4. The molecule has 2 unspecified atom stereocenters. The van der Waals surface area contributed by atoms with Crippen LogP contribution in [-0.2, 0) is 7.05 Å². The Morgan fingerprint density at radius 3 is 2.71 bits per heavy atom. The second-order valence-corrected chi connectivity index (χ2v) is 8.44. The quantitative estimate of drug-likeness (QED) is 0.596. The van der Waals surface area contributed by atoms with E-state index in [0.717, 1.165) is 32.0 Å². The first kappa shape index (κ1) is 20.4. The number of likely N-dealkylation sites (tertiary alicyclic amines) is 1. The Hall–Kier alpha value is -2.34. The molecule has 28 heavy (non-hydrogen) atoms. The van der Waals surface area contributed by atoms with Gasteiger partial charge in [0.15, 0.2) is 5.96 Å². The minimum Gasteiger partial charge on any atom is -0.354 e. The maximum Gasteiger partial charge on any atom is 0.193 e. The highest BCUT2D eigenvalue weighted by Crippen LogP contribution is 2.26. The molecule has 6 nitrogen and oxygen atoms in total. The van der Waals surface area contributed by atoms with Crippen molar-refractivity contribution >= 4 is 5.96 Å². The normalized spacial score (nSPS) is 19.1. The van der Waals surface area contributed by atoms with Gasteiger partial charge in [-0.1, -0.05) is 30.3 Å². The van der Waals surface area contributed by atoms with Crippen molar-refractivity contribution in [3.63, 3.8) is 0 Å². The molecule has 1 aliphatic heterocycles. The van der Waals surface area contributed by atoms with Gasteiger partial charge in [-0.15, -0.1) is 0 Å². The van der Waals surface area contributed by atoms with E-state index in [9.17, 15) is 0 Å². The molecule has 2 N–H and O–H groups in total. The third-order valence-corrected chi connectivity index (χ3v) is 5.49. The number of benzene rings is 1. The van der Waals surface area contributed by atoms with Crippen LogP contribution in [0.2, 0.25) is 0 Å². The molecule has 0 spiro atoms. The number of hydrogen-bond acceptors (Lipinski definition) is 3. The molecular formula is C22H34N6. The van der Waals surface area contributed by atoms with Crippen LogP contribution in [0, 0.1) is 0 Å².